The summed E-state index contributed by atoms with van der Waals surface area (Å²) in [5.74, 6) is 2.94. The topological polar surface area (TPSA) is 64.8 Å². The van der Waals surface area contributed by atoms with Gasteiger partial charge in [0.25, 0.3) is 0 Å². The SMILES string of the molecule is CC(C)[C@H]1COC(C(C)(CC2=N[C@H](c3ccccc3)CO2)C2=N[C@@H](C(C)C)CO2)=N1. The lowest BCUT2D eigenvalue weighted by Gasteiger charge is -2.27. The minimum Gasteiger partial charge on any atom is -0.478 e. The molecule has 0 saturated carbocycles. The standard InChI is InChI=1S/C24H33N3O3/c1-15(2)18-12-29-22(26-18)24(5,23-27-19(13-30-23)16(3)4)11-21-25-20(14-28-21)17-9-7-6-8-10-17/h6-10,15-16,18-20H,11-14H2,1-5H3/t18-,19-,20+/m1/s1. The van der Waals surface area contributed by atoms with Crippen LogP contribution >= 0.6 is 0 Å². The molecule has 6 nitrogen and oxygen atoms in total. The Balaban J connectivity index is 1.62. The number of aliphatic imine (C=N–C) groups is 3. The van der Waals surface area contributed by atoms with Gasteiger partial charge >= 0.3 is 0 Å². The predicted molar refractivity (Wildman–Crippen MR) is 119 cm³/mol. The van der Waals surface area contributed by atoms with Gasteiger partial charge in [0, 0.05) is 6.42 Å². The van der Waals surface area contributed by atoms with Crippen LogP contribution in [0.3, 0.4) is 0 Å². The molecule has 3 atom stereocenters. The van der Waals surface area contributed by atoms with E-state index >= 15 is 0 Å². The maximum absolute atomic E-state index is 6.10. The van der Waals surface area contributed by atoms with Crippen LogP contribution in [-0.2, 0) is 14.2 Å². The molecular weight excluding hydrogens is 378 g/mol. The zero-order valence-corrected chi connectivity index (χ0v) is 18.7. The first-order valence-corrected chi connectivity index (χ1v) is 11.0. The van der Waals surface area contributed by atoms with Crippen molar-refractivity contribution in [1.29, 1.82) is 0 Å². The summed E-state index contributed by atoms with van der Waals surface area (Å²) >= 11 is 0. The maximum atomic E-state index is 6.10. The Morgan fingerprint density at radius 2 is 1.40 bits per heavy atom. The van der Waals surface area contributed by atoms with Crippen molar-refractivity contribution in [2.75, 3.05) is 19.8 Å². The predicted octanol–water partition coefficient (Wildman–Crippen LogP) is 4.46. The Morgan fingerprint density at radius 1 is 0.833 bits per heavy atom. The molecule has 0 aliphatic carbocycles. The van der Waals surface area contributed by atoms with Crippen LogP contribution in [0, 0.1) is 17.3 Å². The van der Waals surface area contributed by atoms with E-state index in [1.54, 1.807) is 0 Å². The van der Waals surface area contributed by atoms with Crippen molar-refractivity contribution in [3.8, 4) is 0 Å². The average molecular weight is 412 g/mol. The van der Waals surface area contributed by atoms with Gasteiger partial charge in [0.05, 0.1) is 12.1 Å². The Labute approximate surface area is 179 Å². The number of rotatable bonds is 7. The molecule has 1 aromatic carbocycles. The molecule has 30 heavy (non-hydrogen) atoms. The second-order valence-electron chi connectivity index (χ2n) is 9.38. The number of hydrogen-bond donors (Lipinski definition) is 0. The molecule has 0 radical (unpaired) electrons. The number of ether oxygens (including phenoxy) is 3. The molecule has 3 aliphatic heterocycles. The van der Waals surface area contributed by atoms with E-state index in [9.17, 15) is 0 Å². The number of nitrogens with zero attached hydrogens (tertiary/aromatic N) is 3. The smallest absolute Gasteiger partial charge is 0.199 e. The molecule has 0 amide bonds. The highest BCUT2D eigenvalue weighted by Crippen LogP contribution is 2.37. The lowest BCUT2D eigenvalue weighted by atomic mass is 9.85. The van der Waals surface area contributed by atoms with E-state index in [0.717, 1.165) is 5.56 Å². The molecular formula is C24H33N3O3. The van der Waals surface area contributed by atoms with Gasteiger partial charge in [-0.15, -0.1) is 0 Å². The molecule has 0 aromatic heterocycles. The van der Waals surface area contributed by atoms with E-state index in [4.69, 9.17) is 29.2 Å². The fourth-order valence-electron chi connectivity index (χ4n) is 3.98. The summed E-state index contributed by atoms with van der Waals surface area (Å²) in [7, 11) is 0. The van der Waals surface area contributed by atoms with E-state index in [1.807, 2.05) is 18.2 Å². The first-order valence-electron chi connectivity index (χ1n) is 11.0. The summed E-state index contributed by atoms with van der Waals surface area (Å²) in [6, 6.07) is 10.6. The summed E-state index contributed by atoms with van der Waals surface area (Å²) in [6.07, 6.45) is 0.531. The normalized spacial score (nSPS) is 26.2. The van der Waals surface area contributed by atoms with Crippen molar-refractivity contribution in [2.24, 2.45) is 32.2 Å². The average Bonchev–Trinajstić information content (AvgIpc) is 3.48. The lowest BCUT2D eigenvalue weighted by molar-refractivity contribution is 0.240. The van der Waals surface area contributed by atoms with Crippen LogP contribution in [0.4, 0.5) is 0 Å². The van der Waals surface area contributed by atoms with E-state index in [1.165, 1.54) is 0 Å². The van der Waals surface area contributed by atoms with Gasteiger partial charge in [-0.2, -0.15) is 0 Å². The largest absolute Gasteiger partial charge is 0.478 e. The molecule has 6 heteroatoms. The quantitative estimate of drug-likeness (QED) is 0.665. The molecule has 162 valence electrons. The van der Waals surface area contributed by atoms with Crippen molar-refractivity contribution in [3.63, 3.8) is 0 Å². The Hall–Kier alpha value is -2.37. The van der Waals surface area contributed by atoms with Crippen molar-refractivity contribution in [1.82, 2.24) is 0 Å². The number of hydrogen-bond acceptors (Lipinski definition) is 6. The van der Waals surface area contributed by atoms with Gasteiger partial charge in [-0.05, 0) is 24.3 Å². The Kier molecular flexibility index (Phi) is 5.85. The van der Waals surface area contributed by atoms with Gasteiger partial charge in [0.2, 0.25) is 0 Å². The van der Waals surface area contributed by atoms with Crippen LogP contribution < -0.4 is 0 Å². The fraction of sp³-hybridized carbons (Fsp3) is 0.625. The minimum absolute atomic E-state index is 0.0233. The molecule has 0 fully saturated rings. The highest BCUT2D eigenvalue weighted by atomic mass is 16.5. The molecule has 1 aromatic rings. The van der Waals surface area contributed by atoms with Gasteiger partial charge in [-0.1, -0.05) is 58.0 Å². The molecule has 0 saturated heterocycles. The van der Waals surface area contributed by atoms with Crippen LogP contribution in [-0.4, -0.2) is 49.6 Å². The summed E-state index contributed by atoms with van der Waals surface area (Å²) < 4.78 is 18.2. The van der Waals surface area contributed by atoms with Crippen LogP contribution in [0.5, 0.6) is 0 Å². The lowest BCUT2D eigenvalue weighted by Crippen LogP contribution is -2.39. The van der Waals surface area contributed by atoms with E-state index in [0.29, 0.717) is 55.8 Å². The summed E-state index contributed by atoms with van der Waals surface area (Å²) in [5.41, 5.74) is 0.551. The van der Waals surface area contributed by atoms with Gasteiger partial charge < -0.3 is 14.2 Å². The molecule has 0 bridgehead atoms. The van der Waals surface area contributed by atoms with Gasteiger partial charge in [-0.25, -0.2) is 15.0 Å². The third-order valence-corrected chi connectivity index (χ3v) is 6.23. The molecule has 3 heterocycles. The monoisotopic (exact) mass is 411 g/mol. The molecule has 0 unspecified atom stereocenters. The Bertz CT molecular complexity index is 811. The van der Waals surface area contributed by atoms with Crippen molar-refractivity contribution < 1.29 is 14.2 Å². The highest BCUT2D eigenvalue weighted by molar-refractivity contribution is 6.08. The van der Waals surface area contributed by atoms with Gasteiger partial charge in [0.15, 0.2) is 17.7 Å². The van der Waals surface area contributed by atoms with Crippen molar-refractivity contribution >= 4 is 17.7 Å². The second-order valence-corrected chi connectivity index (χ2v) is 9.38. The summed E-state index contributed by atoms with van der Waals surface area (Å²) in [5, 5.41) is 0. The van der Waals surface area contributed by atoms with Crippen molar-refractivity contribution in [2.45, 2.75) is 59.2 Å². The molecule has 0 N–H and O–H groups in total. The first kappa shape index (κ1) is 20.9. The van der Waals surface area contributed by atoms with Crippen LogP contribution in [0.1, 0.15) is 52.6 Å². The fourth-order valence-corrected chi connectivity index (χ4v) is 3.98. The van der Waals surface area contributed by atoms with E-state index in [2.05, 4.69) is 46.8 Å². The molecule has 0 spiro atoms. The third-order valence-electron chi connectivity index (χ3n) is 6.23. The molecule has 3 aliphatic rings. The van der Waals surface area contributed by atoms with Crippen molar-refractivity contribution in [3.05, 3.63) is 35.9 Å². The Morgan fingerprint density at radius 3 is 1.90 bits per heavy atom. The zero-order chi connectivity index (χ0) is 21.3. The first-order chi connectivity index (χ1) is 14.4. The van der Waals surface area contributed by atoms with E-state index in [-0.39, 0.29) is 18.1 Å². The highest BCUT2D eigenvalue weighted by Gasteiger charge is 2.47. The minimum atomic E-state index is -0.613. The van der Waals surface area contributed by atoms with E-state index < -0.39 is 5.41 Å². The molecule has 4 rings (SSSR count). The van der Waals surface area contributed by atoms with Gasteiger partial charge in [0.1, 0.15) is 31.3 Å². The van der Waals surface area contributed by atoms with Gasteiger partial charge in [-0.3, -0.25) is 0 Å². The zero-order valence-electron chi connectivity index (χ0n) is 18.7. The summed E-state index contributed by atoms with van der Waals surface area (Å²) in [4.78, 5) is 14.7. The van der Waals surface area contributed by atoms with Crippen LogP contribution in [0.25, 0.3) is 0 Å². The maximum Gasteiger partial charge on any atom is 0.199 e. The van der Waals surface area contributed by atoms with Crippen LogP contribution in [0.15, 0.2) is 45.3 Å². The number of benzene rings is 1. The summed E-state index contributed by atoms with van der Waals surface area (Å²) in [6.45, 7) is 12.5. The van der Waals surface area contributed by atoms with Crippen LogP contribution in [0.2, 0.25) is 0 Å². The second kappa shape index (κ2) is 8.40. The third kappa shape index (κ3) is 4.09.